The molecule has 0 N–H and O–H groups in total. The molecule has 0 aliphatic carbocycles. The van der Waals surface area contributed by atoms with Crippen molar-refractivity contribution in [1.82, 2.24) is 0 Å². The van der Waals surface area contributed by atoms with Crippen LogP contribution in [-0.2, 0) is 9.47 Å². The van der Waals surface area contributed by atoms with Crippen LogP contribution in [0.5, 0.6) is 5.75 Å². The van der Waals surface area contributed by atoms with Crippen molar-refractivity contribution in [2.24, 2.45) is 0 Å². The van der Waals surface area contributed by atoms with Gasteiger partial charge >= 0.3 is 6.36 Å². The molecule has 2 atom stereocenters. The molecule has 2 unspecified atom stereocenters. The molecule has 21 heavy (non-hydrogen) atoms. The van der Waals surface area contributed by atoms with Gasteiger partial charge in [-0.1, -0.05) is 26.0 Å². The number of hydrogen-bond donors (Lipinski definition) is 0. The Labute approximate surface area is 123 Å². The maximum Gasteiger partial charge on any atom is 0.522 e. The third-order valence-electron chi connectivity index (χ3n) is 3.04. The summed E-state index contributed by atoms with van der Waals surface area (Å²) >= 11 is 0. The molecule has 0 aliphatic heterocycles. The third-order valence-corrected chi connectivity index (χ3v) is 3.04. The van der Waals surface area contributed by atoms with Gasteiger partial charge in [-0.25, -0.2) is 0 Å². The zero-order chi connectivity index (χ0) is 15.9. The first-order valence-corrected chi connectivity index (χ1v) is 6.90. The summed E-state index contributed by atoms with van der Waals surface area (Å²) in [5.74, 6) is 1.06. The fourth-order valence-electron chi connectivity index (χ4n) is 1.73. The Kier molecular flexibility index (Phi) is 6.98. The summed E-state index contributed by atoms with van der Waals surface area (Å²) in [7, 11) is 0. The lowest BCUT2D eigenvalue weighted by atomic mass is 9.99. The second kappa shape index (κ2) is 8.24. The highest BCUT2D eigenvalue weighted by Gasteiger charge is 2.28. The van der Waals surface area contributed by atoms with Crippen molar-refractivity contribution < 1.29 is 27.4 Å². The molecule has 0 heterocycles. The molecule has 1 aromatic rings. The molecule has 1 aromatic carbocycles. The van der Waals surface area contributed by atoms with E-state index in [0.717, 1.165) is 12.0 Å². The minimum atomic E-state index is -4.63. The van der Waals surface area contributed by atoms with Crippen LogP contribution in [0.3, 0.4) is 0 Å². The van der Waals surface area contributed by atoms with E-state index in [9.17, 15) is 13.2 Å². The smallest absolute Gasteiger partial charge is 0.465 e. The molecule has 0 bridgehead atoms. The highest BCUT2D eigenvalue weighted by Crippen LogP contribution is 2.23. The van der Waals surface area contributed by atoms with Gasteiger partial charge in [-0.3, -0.25) is 4.74 Å². The lowest BCUT2D eigenvalue weighted by molar-refractivity contribution is -0.328. The third kappa shape index (κ3) is 7.34. The van der Waals surface area contributed by atoms with Crippen molar-refractivity contribution in [3.8, 4) is 5.75 Å². The van der Waals surface area contributed by atoms with Gasteiger partial charge in [-0.05, 0) is 37.0 Å². The minimum Gasteiger partial charge on any atom is -0.465 e. The first kappa shape index (κ1) is 17.8. The SMILES string of the molecule is CCC(C)c1cccc(OC(C)OCCOC(F)(F)F)c1. The maximum absolute atomic E-state index is 11.8. The Balaban J connectivity index is 2.39. The standard InChI is InChI=1S/C15H21F3O3/c1-4-11(2)13-6-5-7-14(10-13)21-12(3)19-8-9-20-15(16,17)18/h5-7,10-12H,4,8-9H2,1-3H3. The van der Waals surface area contributed by atoms with Gasteiger partial charge < -0.3 is 9.47 Å². The minimum absolute atomic E-state index is 0.189. The monoisotopic (exact) mass is 306 g/mol. The van der Waals surface area contributed by atoms with Crippen molar-refractivity contribution in [2.75, 3.05) is 13.2 Å². The zero-order valence-electron chi connectivity index (χ0n) is 12.4. The molecule has 6 heteroatoms. The van der Waals surface area contributed by atoms with Crippen LogP contribution in [0.4, 0.5) is 13.2 Å². The second-order valence-corrected chi connectivity index (χ2v) is 4.73. The Morgan fingerprint density at radius 2 is 1.86 bits per heavy atom. The van der Waals surface area contributed by atoms with Crippen molar-refractivity contribution in [2.45, 2.75) is 45.8 Å². The number of alkyl halides is 3. The lowest BCUT2D eigenvalue weighted by Gasteiger charge is -2.17. The van der Waals surface area contributed by atoms with Crippen LogP contribution in [0.1, 0.15) is 38.7 Å². The van der Waals surface area contributed by atoms with Gasteiger partial charge in [0, 0.05) is 0 Å². The van der Waals surface area contributed by atoms with Crippen molar-refractivity contribution in [3.63, 3.8) is 0 Å². The topological polar surface area (TPSA) is 27.7 Å². The van der Waals surface area contributed by atoms with E-state index in [2.05, 4.69) is 18.6 Å². The molecule has 120 valence electrons. The van der Waals surface area contributed by atoms with Gasteiger partial charge in [0.2, 0.25) is 0 Å². The van der Waals surface area contributed by atoms with E-state index in [1.807, 2.05) is 18.2 Å². The molecule has 0 radical (unpaired) electrons. The molecule has 3 nitrogen and oxygen atoms in total. The summed E-state index contributed by atoms with van der Waals surface area (Å²) in [4.78, 5) is 0. The van der Waals surface area contributed by atoms with Crippen molar-refractivity contribution in [1.29, 1.82) is 0 Å². The number of hydrogen-bond acceptors (Lipinski definition) is 3. The fraction of sp³-hybridized carbons (Fsp3) is 0.600. The van der Waals surface area contributed by atoms with Gasteiger partial charge in [0.25, 0.3) is 0 Å². The molecular formula is C15H21F3O3. The first-order chi connectivity index (χ1) is 9.81. The van der Waals surface area contributed by atoms with Crippen molar-refractivity contribution >= 4 is 0 Å². The van der Waals surface area contributed by atoms with Gasteiger partial charge in [0.1, 0.15) is 5.75 Å². The number of ether oxygens (including phenoxy) is 3. The zero-order valence-corrected chi connectivity index (χ0v) is 12.4. The van der Waals surface area contributed by atoms with E-state index < -0.39 is 19.3 Å². The number of benzene rings is 1. The van der Waals surface area contributed by atoms with Crippen molar-refractivity contribution in [3.05, 3.63) is 29.8 Å². The molecule has 0 amide bonds. The number of rotatable bonds is 8. The van der Waals surface area contributed by atoms with E-state index in [-0.39, 0.29) is 6.61 Å². The maximum atomic E-state index is 11.8. The first-order valence-electron chi connectivity index (χ1n) is 6.90. The highest BCUT2D eigenvalue weighted by atomic mass is 19.4. The van der Waals surface area contributed by atoms with E-state index in [1.54, 1.807) is 13.0 Å². The molecule has 1 rings (SSSR count). The van der Waals surface area contributed by atoms with E-state index >= 15 is 0 Å². The van der Waals surface area contributed by atoms with Crippen LogP contribution in [0, 0.1) is 0 Å². The van der Waals surface area contributed by atoms with Gasteiger partial charge in [-0.15, -0.1) is 13.2 Å². The summed E-state index contributed by atoms with van der Waals surface area (Å²) in [6, 6.07) is 7.61. The quantitative estimate of drug-likeness (QED) is 0.523. The van der Waals surface area contributed by atoms with E-state index in [1.165, 1.54) is 0 Å². The lowest BCUT2D eigenvalue weighted by Crippen LogP contribution is -2.22. The summed E-state index contributed by atoms with van der Waals surface area (Å²) in [6.45, 7) is 5.11. The summed E-state index contributed by atoms with van der Waals surface area (Å²) in [5, 5.41) is 0. The average Bonchev–Trinajstić information content (AvgIpc) is 2.42. The summed E-state index contributed by atoms with van der Waals surface area (Å²) < 4.78 is 49.6. The normalized spacial score (nSPS) is 14.8. The van der Waals surface area contributed by atoms with Crippen LogP contribution < -0.4 is 4.74 Å². The molecule has 0 aliphatic rings. The van der Waals surface area contributed by atoms with Crippen LogP contribution in [0.25, 0.3) is 0 Å². The van der Waals surface area contributed by atoms with Gasteiger partial charge in [0.15, 0.2) is 6.29 Å². The summed E-state index contributed by atoms with van der Waals surface area (Å²) in [6.07, 6.45) is -4.25. The Hall–Kier alpha value is -1.27. The molecule has 0 aromatic heterocycles. The van der Waals surface area contributed by atoms with Crippen LogP contribution in [-0.4, -0.2) is 25.9 Å². The largest absolute Gasteiger partial charge is 0.522 e. The van der Waals surface area contributed by atoms with Gasteiger partial charge in [-0.2, -0.15) is 0 Å². The molecule has 0 saturated carbocycles. The molecule has 0 spiro atoms. The van der Waals surface area contributed by atoms with E-state index in [4.69, 9.17) is 9.47 Å². The second-order valence-electron chi connectivity index (χ2n) is 4.73. The predicted molar refractivity (Wildman–Crippen MR) is 73.2 cm³/mol. The van der Waals surface area contributed by atoms with Crippen LogP contribution >= 0.6 is 0 Å². The van der Waals surface area contributed by atoms with Gasteiger partial charge in [0.05, 0.1) is 13.2 Å². The van der Waals surface area contributed by atoms with Crippen LogP contribution in [0.2, 0.25) is 0 Å². The number of halogens is 3. The molecular weight excluding hydrogens is 285 g/mol. The Morgan fingerprint density at radius 3 is 2.48 bits per heavy atom. The Bertz CT molecular complexity index is 421. The predicted octanol–water partition coefficient (Wildman–Crippen LogP) is 4.48. The summed E-state index contributed by atoms with van der Waals surface area (Å²) in [5.41, 5.74) is 1.16. The Morgan fingerprint density at radius 1 is 1.14 bits per heavy atom. The van der Waals surface area contributed by atoms with E-state index in [0.29, 0.717) is 11.7 Å². The molecule has 0 fully saturated rings. The molecule has 0 saturated heterocycles. The highest BCUT2D eigenvalue weighted by molar-refractivity contribution is 5.30. The average molecular weight is 306 g/mol. The fourth-order valence-corrected chi connectivity index (χ4v) is 1.73. The van der Waals surface area contributed by atoms with Crippen LogP contribution in [0.15, 0.2) is 24.3 Å².